The van der Waals surface area contributed by atoms with Gasteiger partial charge in [0, 0.05) is 12.5 Å². The minimum absolute atomic E-state index is 0.264. The second kappa shape index (κ2) is 4.95. The lowest BCUT2D eigenvalue weighted by molar-refractivity contribution is 0.140. The SMILES string of the molecule is COCC1(c2ccccc2CCON)CC1. The fraction of sp³-hybridized carbons (Fsp3) is 0.538. The van der Waals surface area contributed by atoms with Crippen LogP contribution in [0.25, 0.3) is 0 Å². The zero-order valence-corrected chi connectivity index (χ0v) is 9.74. The smallest absolute Gasteiger partial charge is 0.0719 e. The van der Waals surface area contributed by atoms with E-state index in [-0.39, 0.29) is 5.41 Å². The minimum Gasteiger partial charge on any atom is -0.384 e. The van der Waals surface area contributed by atoms with Crippen molar-refractivity contribution in [2.24, 2.45) is 5.90 Å². The molecule has 0 aromatic heterocycles. The Morgan fingerprint density at radius 1 is 1.31 bits per heavy atom. The molecule has 1 fully saturated rings. The van der Waals surface area contributed by atoms with E-state index in [1.807, 2.05) is 0 Å². The van der Waals surface area contributed by atoms with Crippen LogP contribution in [0.2, 0.25) is 0 Å². The second-order valence-corrected chi connectivity index (χ2v) is 4.49. The van der Waals surface area contributed by atoms with Crippen LogP contribution in [0.5, 0.6) is 0 Å². The van der Waals surface area contributed by atoms with Gasteiger partial charge in [0.1, 0.15) is 0 Å². The van der Waals surface area contributed by atoms with Gasteiger partial charge in [-0.15, -0.1) is 0 Å². The zero-order valence-electron chi connectivity index (χ0n) is 9.74. The summed E-state index contributed by atoms with van der Waals surface area (Å²) >= 11 is 0. The largest absolute Gasteiger partial charge is 0.384 e. The predicted molar refractivity (Wildman–Crippen MR) is 63.1 cm³/mol. The van der Waals surface area contributed by atoms with Gasteiger partial charge in [0.25, 0.3) is 0 Å². The van der Waals surface area contributed by atoms with Crippen molar-refractivity contribution in [3.8, 4) is 0 Å². The Morgan fingerprint density at radius 2 is 2.06 bits per heavy atom. The molecular formula is C13H19NO2. The summed E-state index contributed by atoms with van der Waals surface area (Å²) in [7, 11) is 1.77. The third-order valence-corrected chi connectivity index (χ3v) is 3.35. The first-order valence-corrected chi connectivity index (χ1v) is 5.71. The third kappa shape index (κ3) is 2.26. The van der Waals surface area contributed by atoms with Gasteiger partial charge >= 0.3 is 0 Å². The Kier molecular flexibility index (Phi) is 3.59. The van der Waals surface area contributed by atoms with Crippen LogP contribution in [0.15, 0.2) is 24.3 Å². The summed E-state index contributed by atoms with van der Waals surface area (Å²) in [6, 6.07) is 8.53. The molecule has 3 heteroatoms. The van der Waals surface area contributed by atoms with Crippen LogP contribution in [0.3, 0.4) is 0 Å². The van der Waals surface area contributed by atoms with E-state index in [9.17, 15) is 0 Å². The molecule has 0 amide bonds. The Hall–Kier alpha value is -0.900. The first kappa shape index (κ1) is 11.6. The average Bonchev–Trinajstić information content (AvgIpc) is 3.08. The Balaban J connectivity index is 2.19. The van der Waals surface area contributed by atoms with E-state index in [0.717, 1.165) is 13.0 Å². The van der Waals surface area contributed by atoms with E-state index in [4.69, 9.17) is 10.6 Å². The van der Waals surface area contributed by atoms with Crippen LogP contribution in [0, 0.1) is 0 Å². The van der Waals surface area contributed by atoms with Gasteiger partial charge < -0.3 is 9.57 Å². The molecular weight excluding hydrogens is 202 g/mol. The van der Waals surface area contributed by atoms with E-state index in [2.05, 4.69) is 29.1 Å². The van der Waals surface area contributed by atoms with Crippen molar-refractivity contribution < 1.29 is 9.57 Å². The van der Waals surface area contributed by atoms with E-state index in [1.165, 1.54) is 24.0 Å². The predicted octanol–water partition coefficient (Wildman–Crippen LogP) is 1.80. The van der Waals surface area contributed by atoms with E-state index >= 15 is 0 Å². The van der Waals surface area contributed by atoms with Gasteiger partial charge in [-0.2, -0.15) is 0 Å². The molecule has 0 aliphatic heterocycles. The van der Waals surface area contributed by atoms with Gasteiger partial charge in [-0.25, -0.2) is 5.90 Å². The van der Waals surface area contributed by atoms with Gasteiger partial charge in [-0.3, -0.25) is 0 Å². The first-order chi connectivity index (χ1) is 7.82. The first-order valence-electron chi connectivity index (χ1n) is 5.71. The van der Waals surface area contributed by atoms with Crippen molar-refractivity contribution in [1.29, 1.82) is 0 Å². The average molecular weight is 221 g/mol. The topological polar surface area (TPSA) is 44.5 Å². The molecule has 0 saturated heterocycles. The van der Waals surface area contributed by atoms with E-state index in [1.54, 1.807) is 7.11 Å². The van der Waals surface area contributed by atoms with Crippen LogP contribution in [0.1, 0.15) is 24.0 Å². The molecule has 3 nitrogen and oxygen atoms in total. The van der Waals surface area contributed by atoms with Crippen LogP contribution >= 0.6 is 0 Å². The standard InChI is InChI=1S/C13H19NO2/c1-15-10-13(7-8-13)12-5-3-2-4-11(12)6-9-16-14/h2-5H,6-10,14H2,1H3. The molecule has 88 valence electrons. The maximum absolute atomic E-state index is 5.33. The van der Waals surface area contributed by atoms with Crippen molar-refractivity contribution >= 4 is 0 Å². The number of ether oxygens (including phenoxy) is 1. The van der Waals surface area contributed by atoms with E-state index < -0.39 is 0 Å². The highest BCUT2D eigenvalue weighted by atomic mass is 16.6. The van der Waals surface area contributed by atoms with Crippen molar-refractivity contribution in [3.63, 3.8) is 0 Å². The quantitative estimate of drug-likeness (QED) is 0.745. The highest BCUT2D eigenvalue weighted by Gasteiger charge is 2.45. The maximum atomic E-state index is 5.33. The summed E-state index contributed by atoms with van der Waals surface area (Å²) in [5, 5.41) is 0. The monoisotopic (exact) mass is 221 g/mol. The normalized spacial score (nSPS) is 17.4. The van der Waals surface area contributed by atoms with Gasteiger partial charge in [-0.1, -0.05) is 24.3 Å². The summed E-state index contributed by atoms with van der Waals surface area (Å²) in [5.41, 5.74) is 3.01. The summed E-state index contributed by atoms with van der Waals surface area (Å²) in [6.07, 6.45) is 3.32. The van der Waals surface area contributed by atoms with Crippen LogP contribution in [-0.4, -0.2) is 20.3 Å². The van der Waals surface area contributed by atoms with Crippen LogP contribution in [0.4, 0.5) is 0 Å². The molecule has 0 spiro atoms. The number of hydrogen-bond acceptors (Lipinski definition) is 3. The Labute approximate surface area is 96.5 Å². The zero-order chi connectivity index (χ0) is 11.4. The molecule has 1 saturated carbocycles. The van der Waals surface area contributed by atoms with Crippen LogP contribution < -0.4 is 5.90 Å². The van der Waals surface area contributed by atoms with Crippen molar-refractivity contribution in [2.45, 2.75) is 24.7 Å². The molecule has 2 rings (SSSR count). The summed E-state index contributed by atoms with van der Waals surface area (Å²) in [6.45, 7) is 1.38. The van der Waals surface area contributed by atoms with Crippen molar-refractivity contribution in [3.05, 3.63) is 35.4 Å². The van der Waals surface area contributed by atoms with Gasteiger partial charge in [-0.05, 0) is 30.4 Å². The molecule has 2 N–H and O–H groups in total. The number of methoxy groups -OCH3 is 1. The molecule has 0 atom stereocenters. The molecule has 1 aliphatic carbocycles. The summed E-state index contributed by atoms with van der Waals surface area (Å²) < 4.78 is 5.33. The highest BCUT2D eigenvalue weighted by molar-refractivity contribution is 5.38. The number of nitrogens with two attached hydrogens (primary N) is 1. The molecule has 1 aromatic carbocycles. The molecule has 0 unspecified atom stereocenters. The van der Waals surface area contributed by atoms with Crippen LogP contribution in [-0.2, 0) is 21.4 Å². The van der Waals surface area contributed by atoms with E-state index in [0.29, 0.717) is 6.61 Å². The maximum Gasteiger partial charge on any atom is 0.0719 e. The lowest BCUT2D eigenvalue weighted by Crippen LogP contribution is -2.17. The Bertz CT molecular complexity index is 348. The number of rotatable bonds is 6. The molecule has 0 heterocycles. The third-order valence-electron chi connectivity index (χ3n) is 3.35. The minimum atomic E-state index is 0.264. The molecule has 16 heavy (non-hydrogen) atoms. The molecule has 1 aromatic rings. The Morgan fingerprint density at radius 3 is 2.69 bits per heavy atom. The van der Waals surface area contributed by atoms with Gasteiger partial charge in [0.05, 0.1) is 13.2 Å². The molecule has 0 radical (unpaired) electrons. The second-order valence-electron chi connectivity index (χ2n) is 4.49. The molecule has 1 aliphatic rings. The number of hydrogen-bond donors (Lipinski definition) is 1. The van der Waals surface area contributed by atoms with Crippen molar-refractivity contribution in [2.75, 3.05) is 20.3 Å². The lowest BCUT2D eigenvalue weighted by Gasteiger charge is -2.18. The summed E-state index contributed by atoms with van der Waals surface area (Å²) in [5.74, 6) is 5.09. The molecule has 0 bridgehead atoms. The van der Waals surface area contributed by atoms with Gasteiger partial charge in [0.2, 0.25) is 0 Å². The summed E-state index contributed by atoms with van der Waals surface area (Å²) in [4.78, 5) is 4.66. The number of benzene rings is 1. The fourth-order valence-electron chi connectivity index (χ4n) is 2.34. The fourth-order valence-corrected chi connectivity index (χ4v) is 2.34. The highest BCUT2D eigenvalue weighted by Crippen LogP contribution is 2.49. The van der Waals surface area contributed by atoms with Crippen molar-refractivity contribution in [1.82, 2.24) is 0 Å². The lowest BCUT2D eigenvalue weighted by atomic mass is 9.91. The van der Waals surface area contributed by atoms with Gasteiger partial charge in [0.15, 0.2) is 0 Å².